The number of rotatable bonds is 9. The quantitative estimate of drug-likeness (QED) is 0.689. The fourth-order valence-corrected chi connectivity index (χ4v) is 3.21. The summed E-state index contributed by atoms with van der Waals surface area (Å²) in [6.07, 6.45) is 1.36. The molecule has 0 saturated carbocycles. The third-order valence-corrected chi connectivity index (χ3v) is 4.88. The number of furan rings is 1. The molecule has 0 amide bonds. The summed E-state index contributed by atoms with van der Waals surface area (Å²) in [6, 6.07) is 8.18. The van der Waals surface area contributed by atoms with Gasteiger partial charge in [0.25, 0.3) is 0 Å². The molecule has 1 aromatic heterocycles. The Bertz CT molecular complexity index is 648. The normalized spacial score (nSPS) is 12.9. The largest absolute Gasteiger partial charge is 0.461 e. The van der Waals surface area contributed by atoms with Gasteiger partial charge in [0.05, 0.1) is 5.37 Å². The molecule has 0 bridgehead atoms. The number of hydrogen-bond donors (Lipinski definition) is 1. The van der Waals surface area contributed by atoms with Crippen LogP contribution >= 0.6 is 11.8 Å². The van der Waals surface area contributed by atoms with Crippen LogP contribution in [0.2, 0.25) is 0 Å². The van der Waals surface area contributed by atoms with Gasteiger partial charge in [-0.1, -0.05) is 32.9 Å². The van der Waals surface area contributed by atoms with Crippen molar-refractivity contribution in [3.8, 4) is 0 Å². The van der Waals surface area contributed by atoms with Gasteiger partial charge in [-0.15, -0.1) is 11.8 Å². The molecule has 1 unspecified atom stereocenters. The number of ketones is 1. The third-order valence-electron chi connectivity index (χ3n) is 3.88. The van der Waals surface area contributed by atoms with Gasteiger partial charge < -0.3 is 9.73 Å². The molecule has 0 spiro atoms. The molecule has 2 aromatic rings. The molecule has 4 heteroatoms. The zero-order valence-corrected chi connectivity index (χ0v) is 15.3. The summed E-state index contributed by atoms with van der Waals surface area (Å²) in [7, 11) is 0. The van der Waals surface area contributed by atoms with Gasteiger partial charge in [0.2, 0.25) is 0 Å². The molecule has 1 heterocycles. The Hall–Kier alpha value is -1.26. The number of carbonyl (C=O) groups is 1. The summed E-state index contributed by atoms with van der Waals surface area (Å²) in [5, 5.41) is 5.06. The maximum absolute atomic E-state index is 11.9. The third kappa shape index (κ3) is 5.40. The van der Waals surface area contributed by atoms with Crippen molar-refractivity contribution in [2.24, 2.45) is 5.92 Å². The van der Waals surface area contributed by atoms with Crippen LogP contribution in [-0.2, 0) is 17.6 Å². The lowest BCUT2D eigenvalue weighted by Crippen LogP contribution is -2.25. The Morgan fingerprint density at radius 1 is 1.26 bits per heavy atom. The summed E-state index contributed by atoms with van der Waals surface area (Å²) in [4.78, 5) is 11.9. The lowest BCUT2D eigenvalue weighted by atomic mass is 10.0. The van der Waals surface area contributed by atoms with E-state index in [1.165, 1.54) is 0 Å². The van der Waals surface area contributed by atoms with E-state index in [9.17, 15) is 4.79 Å². The van der Waals surface area contributed by atoms with Gasteiger partial charge in [-0.3, -0.25) is 4.79 Å². The average Bonchev–Trinajstić information content (AvgIpc) is 2.89. The number of Topliss-reactive ketones (excluding diaryl/α,β-unsaturated/α-hetero) is 1. The molecule has 126 valence electrons. The van der Waals surface area contributed by atoms with E-state index >= 15 is 0 Å². The highest BCUT2D eigenvalue weighted by atomic mass is 32.2. The molecule has 23 heavy (non-hydrogen) atoms. The minimum atomic E-state index is 0.0758. The molecule has 0 saturated heterocycles. The van der Waals surface area contributed by atoms with Crippen LogP contribution in [-0.4, -0.2) is 23.5 Å². The number of fused-ring (bicyclic) bond motifs is 1. The molecule has 1 aromatic carbocycles. The fourth-order valence-electron chi connectivity index (χ4n) is 2.48. The van der Waals surface area contributed by atoms with Crippen molar-refractivity contribution in [3.05, 3.63) is 35.6 Å². The molecule has 0 fully saturated rings. The van der Waals surface area contributed by atoms with Crippen LogP contribution in [0, 0.1) is 5.92 Å². The van der Waals surface area contributed by atoms with Crippen molar-refractivity contribution in [1.29, 1.82) is 0 Å². The molecule has 0 aliphatic carbocycles. The van der Waals surface area contributed by atoms with Gasteiger partial charge in [-0.25, -0.2) is 0 Å². The van der Waals surface area contributed by atoms with E-state index in [4.69, 9.17) is 4.42 Å². The van der Waals surface area contributed by atoms with Crippen LogP contribution < -0.4 is 5.32 Å². The number of benzene rings is 1. The van der Waals surface area contributed by atoms with Crippen LogP contribution in [0.1, 0.15) is 39.0 Å². The molecule has 2 rings (SSSR count). The Morgan fingerprint density at radius 3 is 2.74 bits per heavy atom. The highest BCUT2D eigenvalue weighted by molar-refractivity contribution is 7.99. The number of hydrogen-bond acceptors (Lipinski definition) is 4. The van der Waals surface area contributed by atoms with Gasteiger partial charge in [0.15, 0.2) is 0 Å². The van der Waals surface area contributed by atoms with Crippen molar-refractivity contribution in [2.75, 3.05) is 12.3 Å². The zero-order valence-electron chi connectivity index (χ0n) is 14.5. The molecule has 1 N–H and O–H groups in total. The minimum absolute atomic E-state index is 0.0758. The molecular weight excluding hydrogens is 306 g/mol. The van der Waals surface area contributed by atoms with E-state index in [2.05, 4.69) is 25.2 Å². The molecule has 3 nitrogen and oxygen atoms in total. The predicted molar refractivity (Wildman–Crippen MR) is 99.1 cm³/mol. The number of carbonyl (C=O) groups excluding carboxylic acids is 1. The van der Waals surface area contributed by atoms with E-state index in [1.54, 1.807) is 0 Å². The van der Waals surface area contributed by atoms with Crippen LogP contribution in [0.5, 0.6) is 0 Å². The van der Waals surface area contributed by atoms with Crippen molar-refractivity contribution in [3.63, 3.8) is 0 Å². The van der Waals surface area contributed by atoms with Gasteiger partial charge in [0, 0.05) is 30.7 Å². The van der Waals surface area contributed by atoms with Gasteiger partial charge in [-0.2, -0.15) is 0 Å². The highest BCUT2D eigenvalue weighted by Crippen LogP contribution is 2.22. The first kappa shape index (κ1) is 18.1. The summed E-state index contributed by atoms with van der Waals surface area (Å²) in [5.41, 5.74) is 1.91. The highest BCUT2D eigenvalue weighted by Gasteiger charge is 2.10. The lowest BCUT2D eigenvalue weighted by Gasteiger charge is -2.10. The second-order valence-electron chi connectivity index (χ2n) is 6.18. The molecule has 1 atom stereocenters. The lowest BCUT2D eigenvalue weighted by molar-refractivity contribution is -0.121. The molecule has 0 aliphatic rings. The van der Waals surface area contributed by atoms with Gasteiger partial charge in [0.1, 0.15) is 17.1 Å². The number of thioether (sulfide) groups is 1. The fraction of sp³-hybridized carbons (Fsp3) is 0.526. The zero-order chi connectivity index (χ0) is 16.8. The van der Waals surface area contributed by atoms with Crippen LogP contribution in [0.25, 0.3) is 11.0 Å². The van der Waals surface area contributed by atoms with Crippen LogP contribution in [0.3, 0.4) is 0 Å². The Balaban J connectivity index is 1.97. The maximum Gasteiger partial charge on any atom is 0.139 e. The van der Waals surface area contributed by atoms with Crippen molar-refractivity contribution < 1.29 is 9.21 Å². The Kier molecular flexibility index (Phi) is 6.72. The first-order valence-corrected chi connectivity index (χ1v) is 9.43. The second-order valence-corrected chi connectivity index (χ2v) is 7.80. The first-order chi connectivity index (χ1) is 11.0. The SMILES string of the molecule is CCSC(C)NCCc1cc2ccc(CC(=O)C(C)C)cc2o1. The van der Waals surface area contributed by atoms with Crippen molar-refractivity contribution in [1.82, 2.24) is 5.32 Å². The molecule has 0 radical (unpaired) electrons. The van der Waals surface area contributed by atoms with E-state index in [1.807, 2.05) is 43.8 Å². The molecule has 0 aliphatic heterocycles. The predicted octanol–water partition coefficient (Wildman–Crippen LogP) is 4.43. The number of nitrogens with one attached hydrogen (secondary N) is 1. The average molecular weight is 333 g/mol. The van der Waals surface area contributed by atoms with Crippen LogP contribution in [0.15, 0.2) is 28.7 Å². The summed E-state index contributed by atoms with van der Waals surface area (Å²) in [6.45, 7) is 9.15. The van der Waals surface area contributed by atoms with E-state index < -0.39 is 0 Å². The topological polar surface area (TPSA) is 42.2 Å². The first-order valence-electron chi connectivity index (χ1n) is 8.38. The van der Waals surface area contributed by atoms with Gasteiger partial charge >= 0.3 is 0 Å². The smallest absolute Gasteiger partial charge is 0.139 e. The standard InChI is InChI=1S/C19H27NO2S/c1-5-23-14(4)20-9-8-17-12-16-7-6-15(11-19(16)22-17)10-18(21)13(2)3/h6-7,11-14,20H,5,8-10H2,1-4H3. The summed E-state index contributed by atoms with van der Waals surface area (Å²) < 4.78 is 5.93. The van der Waals surface area contributed by atoms with E-state index in [-0.39, 0.29) is 11.7 Å². The maximum atomic E-state index is 11.9. The van der Waals surface area contributed by atoms with Gasteiger partial charge in [-0.05, 0) is 30.4 Å². The van der Waals surface area contributed by atoms with E-state index in [0.717, 1.165) is 41.0 Å². The summed E-state index contributed by atoms with van der Waals surface area (Å²) >= 11 is 1.91. The Morgan fingerprint density at radius 2 is 2.04 bits per heavy atom. The molecular formula is C19H27NO2S. The monoisotopic (exact) mass is 333 g/mol. The van der Waals surface area contributed by atoms with Crippen LogP contribution in [0.4, 0.5) is 0 Å². The second kappa shape index (κ2) is 8.55. The van der Waals surface area contributed by atoms with Crippen molar-refractivity contribution in [2.45, 2.75) is 45.9 Å². The summed E-state index contributed by atoms with van der Waals surface area (Å²) in [5.74, 6) is 2.46. The van der Waals surface area contributed by atoms with E-state index in [0.29, 0.717) is 11.8 Å². The minimum Gasteiger partial charge on any atom is -0.461 e. The van der Waals surface area contributed by atoms with Crippen molar-refractivity contribution >= 4 is 28.5 Å². The Labute approximate surface area is 143 Å².